The zero-order chi connectivity index (χ0) is 20.2. The van der Waals surface area contributed by atoms with E-state index >= 15 is 0 Å². The minimum Gasteiger partial charge on any atom is -0.241 e. The first-order valence-electron chi connectivity index (χ1n) is 8.06. The van der Waals surface area contributed by atoms with Gasteiger partial charge in [0.15, 0.2) is 0 Å². The molecule has 2 aromatic carbocycles. The fourth-order valence-corrected chi connectivity index (χ4v) is 4.19. The van der Waals surface area contributed by atoms with Crippen LogP contribution in [-0.2, 0) is 21.6 Å². The molecule has 0 amide bonds. The van der Waals surface area contributed by atoms with E-state index in [2.05, 4.69) is 0 Å². The van der Waals surface area contributed by atoms with Gasteiger partial charge in [-0.3, -0.25) is 0 Å². The van der Waals surface area contributed by atoms with Crippen LogP contribution >= 0.6 is 0 Å². The van der Waals surface area contributed by atoms with Crippen LogP contribution in [0.4, 0.5) is 17.6 Å². The summed E-state index contributed by atoms with van der Waals surface area (Å²) in [6.45, 7) is 5.79. The van der Waals surface area contributed by atoms with Crippen molar-refractivity contribution in [2.24, 2.45) is 0 Å². The van der Waals surface area contributed by atoms with Gasteiger partial charge >= 0.3 is 6.18 Å². The molecule has 1 aromatic heterocycles. The minimum absolute atomic E-state index is 0.0146. The van der Waals surface area contributed by atoms with E-state index in [1.165, 1.54) is 18.2 Å². The number of aromatic nitrogens is 1. The van der Waals surface area contributed by atoms with E-state index in [0.29, 0.717) is 12.1 Å². The third-order valence-corrected chi connectivity index (χ3v) is 5.99. The van der Waals surface area contributed by atoms with E-state index in [4.69, 9.17) is 0 Å². The molecule has 3 nitrogen and oxygen atoms in total. The maximum atomic E-state index is 14.0. The molecule has 3 aromatic rings. The van der Waals surface area contributed by atoms with E-state index < -0.39 is 27.6 Å². The molecule has 0 saturated heterocycles. The molecule has 0 aliphatic heterocycles. The molecule has 0 atom stereocenters. The fourth-order valence-electron chi connectivity index (χ4n) is 2.80. The summed E-state index contributed by atoms with van der Waals surface area (Å²) in [5, 5.41) is -0.0146. The molecule has 3 rings (SSSR count). The minimum atomic E-state index is -4.86. The summed E-state index contributed by atoms with van der Waals surface area (Å²) in [5.74, 6) is -1.52. The monoisotopic (exact) mass is 399 g/mol. The van der Waals surface area contributed by atoms with Crippen LogP contribution in [0.5, 0.6) is 0 Å². The number of hydrogen-bond donors (Lipinski definition) is 0. The highest BCUT2D eigenvalue weighted by Crippen LogP contribution is 2.35. The van der Waals surface area contributed by atoms with Crippen LogP contribution in [0.1, 0.15) is 31.9 Å². The predicted molar refractivity (Wildman–Crippen MR) is 94.6 cm³/mol. The van der Waals surface area contributed by atoms with Gasteiger partial charge in [0.25, 0.3) is 10.0 Å². The average molecular weight is 399 g/mol. The van der Waals surface area contributed by atoms with Gasteiger partial charge in [0.05, 0.1) is 16.0 Å². The first-order chi connectivity index (χ1) is 12.3. The molecule has 0 saturated carbocycles. The number of hydrogen-bond acceptors (Lipinski definition) is 2. The Kier molecular flexibility index (Phi) is 4.38. The maximum absolute atomic E-state index is 14.0. The van der Waals surface area contributed by atoms with E-state index in [0.717, 1.165) is 15.7 Å². The van der Waals surface area contributed by atoms with Crippen molar-refractivity contribution in [2.75, 3.05) is 0 Å². The van der Waals surface area contributed by atoms with E-state index in [1.807, 2.05) is 20.8 Å². The standard InChI is InChI=1S/C19H17F4NO2S/c1-18(2,3)13-5-4-6-14(10-13)27(25,26)24-8-7-12-9-15(19(21,22)23)16(20)11-17(12)24/h4-11H,1-3H3. The Morgan fingerprint density at radius 2 is 1.63 bits per heavy atom. The molecule has 0 fully saturated rings. The van der Waals surface area contributed by atoms with Gasteiger partial charge in [0, 0.05) is 11.6 Å². The quantitative estimate of drug-likeness (QED) is 0.546. The molecule has 0 aliphatic carbocycles. The Morgan fingerprint density at radius 3 is 2.22 bits per heavy atom. The molecule has 8 heteroatoms. The molecule has 0 spiro atoms. The van der Waals surface area contributed by atoms with Crippen molar-refractivity contribution in [1.82, 2.24) is 3.97 Å². The van der Waals surface area contributed by atoms with E-state index in [1.54, 1.807) is 12.1 Å². The van der Waals surface area contributed by atoms with Crippen LogP contribution in [0.2, 0.25) is 0 Å². The maximum Gasteiger partial charge on any atom is 0.419 e. The van der Waals surface area contributed by atoms with Crippen LogP contribution < -0.4 is 0 Å². The molecule has 0 N–H and O–H groups in total. The van der Waals surface area contributed by atoms with E-state index in [-0.39, 0.29) is 21.2 Å². The van der Waals surface area contributed by atoms with Crippen LogP contribution in [-0.4, -0.2) is 12.4 Å². The second-order valence-corrected chi connectivity index (χ2v) is 9.10. The Hall–Kier alpha value is -2.35. The van der Waals surface area contributed by atoms with Gasteiger partial charge < -0.3 is 0 Å². The number of rotatable bonds is 2. The molecule has 27 heavy (non-hydrogen) atoms. The van der Waals surface area contributed by atoms with Crippen molar-refractivity contribution in [3.63, 3.8) is 0 Å². The Bertz CT molecular complexity index is 1120. The third-order valence-electron chi connectivity index (χ3n) is 4.31. The predicted octanol–water partition coefficient (Wildman–Crippen LogP) is 5.33. The first-order valence-corrected chi connectivity index (χ1v) is 9.50. The lowest BCUT2D eigenvalue weighted by atomic mass is 9.87. The second kappa shape index (κ2) is 6.09. The van der Waals surface area contributed by atoms with Crippen molar-refractivity contribution in [1.29, 1.82) is 0 Å². The Morgan fingerprint density at radius 1 is 0.963 bits per heavy atom. The van der Waals surface area contributed by atoms with Crippen LogP contribution in [0.3, 0.4) is 0 Å². The first kappa shape index (κ1) is 19.4. The third kappa shape index (κ3) is 3.45. The molecular formula is C19H17F4NO2S. The van der Waals surface area contributed by atoms with Crippen molar-refractivity contribution < 1.29 is 26.0 Å². The summed E-state index contributed by atoms with van der Waals surface area (Å²) in [6, 6.07) is 8.74. The number of halogens is 4. The lowest BCUT2D eigenvalue weighted by Gasteiger charge is -2.20. The van der Waals surface area contributed by atoms with Crippen molar-refractivity contribution >= 4 is 20.9 Å². The Labute approximate surface area is 154 Å². The highest BCUT2D eigenvalue weighted by molar-refractivity contribution is 7.90. The van der Waals surface area contributed by atoms with Crippen LogP contribution in [0.15, 0.2) is 53.6 Å². The zero-order valence-electron chi connectivity index (χ0n) is 14.8. The lowest BCUT2D eigenvalue weighted by Crippen LogP contribution is -2.15. The van der Waals surface area contributed by atoms with Crippen molar-refractivity contribution in [3.05, 3.63) is 65.6 Å². The smallest absolute Gasteiger partial charge is 0.241 e. The number of alkyl halides is 3. The molecule has 144 valence electrons. The number of fused-ring (bicyclic) bond motifs is 1. The molecule has 0 unspecified atom stereocenters. The summed E-state index contributed by atoms with van der Waals surface area (Å²) in [6.07, 6.45) is -3.73. The largest absolute Gasteiger partial charge is 0.419 e. The summed E-state index contributed by atoms with van der Waals surface area (Å²) < 4.78 is 79.4. The fraction of sp³-hybridized carbons (Fsp3) is 0.263. The van der Waals surface area contributed by atoms with Gasteiger partial charge in [0.2, 0.25) is 0 Å². The normalized spacial score (nSPS) is 13.3. The highest BCUT2D eigenvalue weighted by Gasteiger charge is 2.35. The summed E-state index contributed by atoms with van der Waals surface area (Å²) in [4.78, 5) is -0.0206. The molecule has 0 radical (unpaired) electrons. The van der Waals surface area contributed by atoms with Gasteiger partial charge in [-0.05, 0) is 41.3 Å². The highest BCUT2D eigenvalue weighted by atomic mass is 32.2. The second-order valence-electron chi connectivity index (χ2n) is 7.28. The number of nitrogens with zero attached hydrogens (tertiary/aromatic N) is 1. The summed E-state index contributed by atoms with van der Waals surface area (Å²) in [7, 11) is -4.10. The molecule has 0 aliphatic rings. The average Bonchev–Trinajstić information content (AvgIpc) is 2.96. The van der Waals surface area contributed by atoms with Gasteiger partial charge in [-0.25, -0.2) is 16.8 Å². The number of benzene rings is 2. The SMILES string of the molecule is CC(C)(C)c1cccc(S(=O)(=O)n2ccc3cc(C(F)(F)F)c(F)cc32)c1. The Balaban J connectivity index is 2.19. The molecular weight excluding hydrogens is 382 g/mol. The summed E-state index contributed by atoms with van der Waals surface area (Å²) >= 11 is 0. The summed E-state index contributed by atoms with van der Waals surface area (Å²) in [5.41, 5.74) is -1.09. The topological polar surface area (TPSA) is 39.1 Å². The molecule has 1 heterocycles. The van der Waals surface area contributed by atoms with Crippen molar-refractivity contribution in [3.8, 4) is 0 Å². The molecule has 0 bridgehead atoms. The van der Waals surface area contributed by atoms with Gasteiger partial charge in [0.1, 0.15) is 5.82 Å². The van der Waals surface area contributed by atoms with Gasteiger partial charge in [-0.2, -0.15) is 13.2 Å². The van der Waals surface area contributed by atoms with Gasteiger partial charge in [-0.15, -0.1) is 0 Å². The zero-order valence-corrected chi connectivity index (χ0v) is 15.6. The van der Waals surface area contributed by atoms with Crippen LogP contribution in [0, 0.1) is 5.82 Å². The lowest BCUT2D eigenvalue weighted by molar-refractivity contribution is -0.139. The van der Waals surface area contributed by atoms with Crippen molar-refractivity contribution in [2.45, 2.75) is 37.3 Å². The van der Waals surface area contributed by atoms with Gasteiger partial charge in [-0.1, -0.05) is 32.9 Å². The van der Waals surface area contributed by atoms with E-state index in [9.17, 15) is 26.0 Å². The van der Waals surface area contributed by atoms with Crippen LogP contribution in [0.25, 0.3) is 10.9 Å².